The Bertz CT molecular complexity index is 2040. The molecule has 2 heterocycles. The molecule has 1 aliphatic rings. The number of halogens is 1. The van der Waals surface area contributed by atoms with Crippen LogP contribution in [0.4, 0.5) is 11.4 Å². The van der Waals surface area contributed by atoms with Crippen LogP contribution in [0.5, 0.6) is 0 Å². The third-order valence-corrected chi connectivity index (χ3v) is 28.4. The first kappa shape index (κ1) is 70.0. The summed E-state index contributed by atoms with van der Waals surface area (Å²) in [5, 5.41) is 7.98. The Morgan fingerprint density at radius 3 is 0.986 bits per heavy atom. The van der Waals surface area contributed by atoms with Gasteiger partial charge in [-0.1, -0.05) is 98.8 Å². The Morgan fingerprint density at radius 1 is 0.464 bits per heavy atom. The van der Waals surface area contributed by atoms with Crippen LogP contribution in [0.1, 0.15) is 159 Å². The molecule has 0 atom stereocenters. The van der Waals surface area contributed by atoms with Crippen molar-refractivity contribution in [3.63, 3.8) is 0 Å². The summed E-state index contributed by atoms with van der Waals surface area (Å²) >= 11 is 1.62. The average Bonchev–Trinajstić information content (AvgIpc) is 3.28. The predicted octanol–water partition coefficient (Wildman–Crippen LogP) is 18.3. The topological polar surface area (TPSA) is 61.1 Å². The molecule has 0 aliphatic carbocycles. The summed E-state index contributed by atoms with van der Waals surface area (Å²) in [6.07, 6.45) is 5.93. The molecule has 5 aromatic rings. The van der Waals surface area contributed by atoms with Gasteiger partial charge in [0, 0.05) is 53.6 Å². The number of fused-ring (bicyclic) bond motifs is 4. The minimum atomic E-state index is -0.460. The van der Waals surface area contributed by atoms with Crippen molar-refractivity contribution in [1.29, 1.82) is 0 Å². The summed E-state index contributed by atoms with van der Waals surface area (Å²) in [5.41, 5.74) is 20.1. The molecule has 1 aliphatic heterocycles. The standard InChI is InChI=1S/C27H40NP2.C27H39NP2.2CHO.2CH4.ClH.2Ru.2H/c2*1-18(2)29(19(3)4)16-24-13-9-11-22-15-23-12-10-14-25(27(23)28-26(22)24)17-30(20(5)6)21(7)8;2*1-2;;;;;;;/h9-14,18-21H,15-17H2,1-8H3;9-15,18-21H,16-17H2,1-8H3;2*1H;2*1H4;1H;;;;/q-1;;2*-1;;;;+1;+2;;/p+3. The van der Waals surface area contributed by atoms with E-state index < -0.39 is 31.7 Å². The molecule has 6 rings (SSSR count). The summed E-state index contributed by atoms with van der Waals surface area (Å²) in [6, 6.07) is 29.8. The van der Waals surface area contributed by atoms with Crippen LogP contribution in [0.3, 0.4) is 0 Å². The third kappa shape index (κ3) is 20.0. The van der Waals surface area contributed by atoms with Gasteiger partial charge in [0.05, 0.1) is 81.0 Å². The molecule has 0 spiro atoms. The van der Waals surface area contributed by atoms with E-state index >= 15 is 0 Å². The van der Waals surface area contributed by atoms with Crippen molar-refractivity contribution in [2.24, 2.45) is 0 Å². The van der Waals surface area contributed by atoms with E-state index in [4.69, 9.17) is 19.9 Å². The van der Waals surface area contributed by atoms with Gasteiger partial charge in [-0.2, -0.15) is 0 Å². The van der Waals surface area contributed by atoms with Gasteiger partial charge in [-0.3, -0.25) is 13.6 Å². The van der Waals surface area contributed by atoms with Crippen molar-refractivity contribution < 1.29 is 46.4 Å². The van der Waals surface area contributed by atoms with Gasteiger partial charge in [0.1, 0.15) is 0 Å². The molecule has 4 nitrogen and oxygen atoms in total. The fourth-order valence-corrected chi connectivity index (χ4v) is 21.4. The number of nitrogens with zero attached hydrogens (tertiary/aromatic N) is 2. The molecule has 389 valence electrons. The molecule has 0 saturated carbocycles. The van der Waals surface area contributed by atoms with Crippen molar-refractivity contribution in [2.45, 2.75) is 202 Å². The third-order valence-electron chi connectivity index (χ3n) is 13.4. The summed E-state index contributed by atoms with van der Waals surface area (Å²) in [5.74, 6) is 0. The summed E-state index contributed by atoms with van der Waals surface area (Å²) < 4.78 is 0. The molecular weight excluding hydrogens is 1120 g/mol. The van der Waals surface area contributed by atoms with E-state index in [1.54, 1.807) is 17.3 Å². The molecule has 1 aromatic heterocycles. The van der Waals surface area contributed by atoms with E-state index in [0.717, 1.165) is 51.7 Å². The van der Waals surface area contributed by atoms with Crippen molar-refractivity contribution in [1.82, 2.24) is 4.98 Å². The zero-order valence-corrected chi connectivity index (χ0v) is 52.1. The summed E-state index contributed by atoms with van der Waals surface area (Å²) in [6.45, 7) is 45.0. The maximum absolute atomic E-state index is 7.75. The zero-order chi connectivity index (χ0) is 50.0. The van der Waals surface area contributed by atoms with Crippen molar-refractivity contribution in [2.75, 3.05) is 0 Å². The molecule has 11 heteroatoms. The second-order valence-corrected chi connectivity index (χ2v) is 35.6. The van der Waals surface area contributed by atoms with Crippen molar-refractivity contribution >= 4 is 88.1 Å². The minimum absolute atomic E-state index is 0. The first-order valence-corrected chi connectivity index (χ1v) is 34.0. The van der Waals surface area contributed by atoms with Gasteiger partial charge >= 0.3 is 46.5 Å². The fourth-order valence-electron chi connectivity index (χ4n) is 9.94. The van der Waals surface area contributed by atoms with E-state index in [9.17, 15) is 0 Å². The quantitative estimate of drug-likeness (QED) is 0.0319. The van der Waals surface area contributed by atoms with E-state index in [2.05, 4.69) is 213 Å². The first-order valence-electron chi connectivity index (χ1n) is 24.1. The predicted molar refractivity (Wildman–Crippen MR) is 322 cm³/mol. The average molecular weight is 1210 g/mol. The number of carbonyl (C=O) groups excluding carboxylic acids is 2. The van der Waals surface area contributed by atoms with Crippen LogP contribution >= 0.6 is 41.4 Å². The number of rotatable bonds is 16. The normalized spacial score (nSPS) is 11.6. The Labute approximate surface area is 455 Å². The van der Waals surface area contributed by atoms with Crippen LogP contribution in [-0.4, -0.2) is 63.8 Å². The van der Waals surface area contributed by atoms with E-state index in [-0.39, 0.29) is 34.3 Å². The summed E-state index contributed by atoms with van der Waals surface area (Å²) in [7, 11) is 2.80. The van der Waals surface area contributed by atoms with E-state index in [1.807, 2.05) is 0 Å². The molecule has 0 bridgehead atoms. The molecule has 0 unspecified atom stereocenters. The molecule has 0 radical (unpaired) electrons. The SMILES string of the molecule is C.C.CC(C)[PH+](Cc1cccc2c1[N-]c1c(cccc1C[PH+](C(C)C)C(C)C)C2)C(C)C.CC(C)[PH+](Cc1cccc2cc3cccc(C[PH+](C(C)C)C(C)C)c3nc12)C(C)C.[CH-]=O.[CH-]=O.[Cl][RuH].[RuH+2]. The first-order chi connectivity index (χ1) is 31.4. The van der Waals surface area contributed by atoms with Crippen LogP contribution in [0.2, 0.25) is 0 Å². The number of hydrogen-bond acceptors (Lipinski definition) is 3. The molecular formula is C58H95ClN2O2P4Ru2+3. The second-order valence-electron chi connectivity index (χ2n) is 20.3. The monoisotopic (exact) mass is 1210 g/mol. The summed E-state index contributed by atoms with van der Waals surface area (Å²) in [4.78, 5) is 20.9. The van der Waals surface area contributed by atoms with Crippen LogP contribution in [0.15, 0.2) is 78.9 Å². The number of aromatic nitrogens is 1. The molecule has 0 fully saturated rings. The molecule has 69 heavy (non-hydrogen) atoms. The Balaban J connectivity index is 0. The molecule has 0 N–H and O–H groups in total. The Hall–Kier alpha value is -1.05. The molecule has 0 saturated heterocycles. The van der Waals surface area contributed by atoms with Gasteiger partial charge in [-0.05, 0) is 134 Å². The number of benzene rings is 4. The van der Waals surface area contributed by atoms with Gasteiger partial charge in [-0.15, -0.1) is 11.4 Å². The second kappa shape index (κ2) is 35.2. The maximum atomic E-state index is 7.75. The van der Waals surface area contributed by atoms with Gasteiger partial charge in [0.25, 0.3) is 0 Å². The van der Waals surface area contributed by atoms with Crippen LogP contribution < -0.4 is 0 Å². The molecule has 0 amide bonds. The number of hydrogen-bond donors (Lipinski definition) is 0. The Morgan fingerprint density at radius 2 is 0.710 bits per heavy atom. The molecule has 4 aromatic carbocycles. The van der Waals surface area contributed by atoms with Gasteiger partial charge in [0.15, 0.2) is 0 Å². The number of pyridine rings is 1. The van der Waals surface area contributed by atoms with Crippen LogP contribution in [0, 0.1) is 0 Å². The zero-order valence-electron chi connectivity index (χ0n) is 43.7. The van der Waals surface area contributed by atoms with Crippen molar-refractivity contribution in [3.8, 4) is 0 Å². The van der Waals surface area contributed by atoms with Crippen LogP contribution in [0.25, 0.3) is 27.1 Å². The Kier molecular flexibility index (Phi) is 35.7. The van der Waals surface area contributed by atoms with E-state index in [0.29, 0.717) is 0 Å². The van der Waals surface area contributed by atoms with Crippen LogP contribution in [-0.2, 0) is 77.4 Å². The van der Waals surface area contributed by atoms with Crippen molar-refractivity contribution in [3.05, 3.63) is 118 Å². The van der Waals surface area contributed by atoms with E-state index in [1.165, 1.54) is 91.2 Å². The van der Waals surface area contributed by atoms with Gasteiger partial charge in [0.2, 0.25) is 0 Å². The fraction of sp³-hybridized carbons (Fsp3) is 0.534. The van der Waals surface area contributed by atoms with Gasteiger partial charge in [-0.25, -0.2) is 4.98 Å². The number of para-hydroxylation sites is 4. The van der Waals surface area contributed by atoms with Gasteiger partial charge < -0.3 is 14.9 Å².